The topological polar surface area (TPSA) is 69.2 Å². The van der Waals surface area contributed by atoms with Crippen molar-refractivity contribution in [1.29, 1.82) is 0 Å². The molecule has 0 radical (unpaired) electrons. The van der Waals surface area contributed by atoms with Gasteiger partial charge in [-0.2, -0.15) is 0 Å². The zero-order valence-corrected chi connectivity index (χ0v) is 12.8. The van der Waals surface area contributed by atoms with Crippen molar-refractivity contribution in [2.45, 2.75) is 12.5 Å². The van der Waals surface area contributed by atoms with Crippen LogP contribution in [-0.2, 0) is 6.42 Å². The van der Waals surface area contributed by atoms with Gasteiger partial charge in [-0.3, -0.25) is 10.1 Å². The molecule has 20 heavy (non-hydrogen) atoms. The van der Waals surface area contributed by atoms with Gasteiger partial charge in [0, 0.05) is 22.1 Å². The Labute approximate surface area is 129 Å². The Morgan fingerprint density at radius 2 is 2.00 bits per heavy atom. The van der Waals surface area contributed by atoms with Crippen molar-refractivity contribution in [3.05, 3.63) is 73.2 Å². The van der Waals surface area contributed by atoms with Crippen LogP contribution in [0.25, 0.3) is 0 Å². The van der Waals surface area contributed by atoms with Crippen LogP contribution in [-0.4, -0.2) is 4.92 Å². The summed E-state index contributed by atoms with van der Waals surface area (Å²) < 4.78 is 0.759. The predicted octanol–water partition coefficient (Wildman–Crippen LogP) is 4.25. The van der Waals surface area contributed by atoms with E-state index in [1.807, 2.05) is 12.1 Å². The Balaban J connectivity index is 2.25. The molecule has 0 amide bonds. The van der Waals surface area contributed by atoms with Crippen molar-refractivity contribution in [3.8, 4) is 0 Å². The molecule has 0 aliphatic rings. The largest absolute Gasteiger partial charge is 0.324 e. The van der Waals surface area contributed by atoms with Gasteiger partial charge in [0.1, 0.15) is 0 Å². The van der Waals surface area contributed by atoms with E-state index in [1.54, 1.807) is 24.3 Å². The number of hydrogen-bond donors (Lipinski definition) is 1. The SMILES string of the molecule is NC(Cc1ccccc1[N+](=O)[O-])c1ccc(Cl)c(Br)c1. The van der Waals surface area contributed by atoms with Crippen LogP contribution in [0.3, 0.4) is 0 Å². The van der Waals surface area contributed by atoms with Crippen LogP contribution in [0.2, 0.25) is 5.02 Å². The lowest BCUT2D eigenvalue weighted by Gasteiger charge is -2.13. The normalized spacial score (nSPS) is 12.2. The molecule has 0 spiro atoms. The molecule has 2 aromatic carbocycles. The second-order valence-corrected chi connectivity index (χ2v) is 5.63. The summed E-state index contributed by atoms with van der Waals surface area (Å²) >= 11 is 9.28. The summed E-state index contributed by atoms with van der Waals surface area (Å²) in [5.41, 5.74) is 7.72. The highest BCUT2D eigenvalue weighted by atomic mass is 79.9. The number of nitro benzene ring substituents is 1. The molecule has 2 N–H and O–H groups in total. The Bertz CT molecular complexity index is 649. The van der Waals surface area contributed by atoms with Crippen LogP contribution < -0.4 is 5.73 Å². The first-order chi connectivity index (χ1) is 9.49. The van der Waals surface area contributed by atoms with Gasteiger partial charge < -0.3 is 5.73 Å². The summed E-state index contributed by atoms with van der Waals surface area (Å²) in [6.45, 7) is 0. The van der Waals surface area contributed by atoms with E-state index in [2.05, 4.69) is 15.9 Å². The molecule has 1 unspecified atom stereocenters. The molecular formula is C14H12BrClN2O2. The first-order valence-corrected chi connectivity index (χ1v) is 7.09. The van der Waals surface area contributed by atoms with E-state index in [0.29, 0.717) is 17.0 Å². The lowest BCUT2D eigenvalue weighted by Crippen LogP contribution is -2.14. The molecule has 0 fully saturated rings. The first-order valence-electron chi connectivity index (χ1n) is 5.92. The zero-order valence-electron chi connectivity index (χ0n) is 10.4. The van der Waals surface area contributed by atoms with Crippen LogP contribution in [0.5, 0.6) is 0 Å². The maximum atomic E-state index is 11.0. The van der Waals surface area contributed by atoms with E-state index >= 15 is 0 Å². The summed E-state index contributed by atoms with van der Waals surface area (Å²) in [4.78, 5) is 10.6. The molecule has 0 saturated heterocycles. The van der Waals surface area contributed by atoms with Gasteiger partial charge in [0.05, 0.1) is 9.95 Å². The number of nitrogens with two attached hydrogens (primary N) is 1. The van der Waals surface area contributed by atoms with E-state index in [1.165, 1.54) is 6.07 Å². The fourth-order valence-electron chi connectivity index (χ4n) is 1.96. The molecule has 0 bridgehead atoms. The number of hydrogen-bond acceptors (Lipinski definition) is 3. The van der Waals surface area contributed by atoms with Crippen molar-refractivity contribution in [1.82, 2.24) is 0 Å². The van der Waals surface area contributed by atoms with Gasteiger partial charge in [0.15, 0.2) is 0 Å². The van der Waals surface area contributed by atoms with Crippen molar-refractivity contribution in [3.63, 3.8) is 0 Å². The van der Waals surface area contributed by atoms with Crippen molar-refractivity contribution in [2.24, 2.45) is 5.73 Å². The summed E-state index contributed by atoms with van der Waals surface area (Å²) in [5, 5.41) is 11.6. The highest BCUT2D eigenvalue weighted by Gasteiger charge is 2.16. The molecule has 104 valence electrons. The predicted molar refractivity (Wildman–Crippen MR) is 82.9 cm³/mol. The second kappa shape index (κ2) is 6.35. The highest BCUT2D eigenvalue weighted by Crippen LogP contribution is 2.28. The van der Waals surface area contributed by atoms with Gasteiger partial charge in [-0.05, 0) is 40.0 Å². The van der Waals surface area contributed by atoms with Crippen molar-refractivity contribution in [2.75, 3.05) is 0 Å². The number of benzene rings is 2. The van der Waals surface area contributed by atoms with Gasteiger partial charge in [0.2, 0.25) is 0 Å². The van der Waals surface area contributed by atoms with E-state index in [4.69, 9.17) is 17.3 Å². The van der Waals surface area contributed by atoms with E-state index in [-0.39, 0.29) is 16.7 Å². The molecule has 2 aromatic rings. The van der Waals surface area contributed by atoms with Gasteiger partial charge in [0.25, 0.3) is 5.69 Å². The third-order valence-corrected chi connectivity index (χ3v) is 4.21. The van der Waals surface area contributed by atoms with Crippen LogP contribution in [0, 0.1) is 10.1 Å². The quantitative estimate of drug-likeness (QED) is 0.658. The standard InChI is InChI=1S/C14H12BrClN2O2/c15-11-7-9(5-6-12(11)16)13(17)8-10-3-1-2-4-14(10)18(19)20/h1-7,13H,8,17H2. The molecule has 0 saturated carbocycles. The molecule has 1 atom stereocenters. The fraction of sp³-hybridized carbons (Fsp3) is 0.143. The Morgan fingerprint density at radius 1 is 1.30 bits per heavy atom. The monoisotopic (exact) mass is 354 g/mol. The highest BCUT2D eigenvalue weighted by molar-refractivity contribution is 9.10. The molecule has 6 heteroatoms. The summed E-state index contributed by atoms with van der Waals surface area (Å²) in [6, 6.07) is 11.7. The molecule has 2 rings (SSSR count). The Kier molecular flexibility index (Phi) is 4.75. The van der Waals surface area contributed by atoms with Crippen LogP contribution in [0.1, 0.15) is 17.2 Å². The minimum atomic E-state index is -0.389. The van der Waals surface area contributed by atoms with Crippen molar-refractivity contribution < 1.29 is 4.92 Å². The van der Waals surface area contributed by atoms with Crippen molar-refractivity contribution >= 4 is 33.2 Å². The second-order valence-electron chi connectivity index (χ2n) is 4.37. The third-order valence-electron chi connectivity index (χ3n) is 3.00. The third kappa shape index (κ3) is 3.36. The van der Waals surface area contributed by atoms with E-state index < -0.39 is 0 Å². The average molecular weight is 356 g/mol. The summed E-state index contributed by atoms with van der Waals surface area (Å²) in [5.74, 6) is 0. The molecular weight excluding hydrogens is 344 g/mol. The number of rotatable bonds is 4. The fourth-order valence-corrected chi connectivity index (χ4v) is 2.47. The first kappa shape index (κ1) is 15.0. The summed E-state index contributed by atoms with van der Waals surface area (Å²) in [7, 11) is 0. The van der Waals surface area contributed by atoms with Crippen LogP contribution in [0.15, 0.2) is 46.9 Å². The van der Waals surface area contributed by atoms with Gasteiger partial charge in [-0.25, -0.2) is 0 Å². The van der Waals surface area contributed by atoms with E-state index in [9.17, 15) is 10.1 Å². The number of nitro groups is 1. The molecule has 0 heterocycles. The molecule has 0 aromatic heterocycles. The minimum absolute atomic E-state index is 0.0935. The van der Waals surface area contributed by atoms with Crippen LogP contribution >= 0.6 is 27.5 Å². The molecule has 4 nitrogen and oxygen atoms in total. The zero-order chi connectivity index (χ0) is 14.7. The van der Waals surface area contributed by atoms with Gasteiger partial charge in [-0.1, -0.05) is 35.9 Å². The number of nitrogens with zero attached hydrogens (tertiary/aromatic N) is 1. The Hall–Kier alpha value is -1.43. The number of halogens is 2. The maximum Gasteiger partial charge on any atom is 0.272 e. The molecule has 0 aliphatic carbocycles. The maximum absolute atomic E-state index is 11.0. The van der Waals surface area contributed by atoms with Crippen LogP contribution in [0.4, 0.5) is 5.69 Å². The Morgan fingerprint density at radius 3 is 2.65 bits per heavy atom. The smallest absolute Gasteiger partial charge is 0.272 e. The average Bonchev–Trinajstić information content (AvgIpc) is 2.42. The molecule has 0 aliphatic heterocycles. The lowest BCUT2D eigenvalue weighted by molar-refractivity contribution is -0.385. The minimum Gasteiger partial charge on any atom is -0.324 e. The van der Waals surface area contributed by atoms with Gasteiger partial charge >= 0.3 is 0 Å². The summed E-state index contributed by atoms with van der Waals surface area (Å²) in [6.07, 6.45) is 0.394. The van der Waals surface area contributed by atoms with Gasteiger partial charge in [-0.15, -0.1) is 0 Å². The van der Waals surface area contributed by atoms with E-state index in [0.717, 1.165) is 10.0 Å². The number of para-hydroxylation sites is 1. The lowest BCUT2D eigenvalue weighted by atomic mass is 9.99.